The highest BCUT2D eigenvalue weighted by Crippen LogP contribution is 2.51. The van der Waals surface area contributed by atoms with Crippen LogP contribution in [0.15, 0.2) is 243 Å². The predicted molar refractivity (Wildman–Crippen MR) is 313 cm³/mol. The van der Waals surface area contributed by atoms with E-state index in [4.69, 9.17) is 14.7 Å². The molecule has 0 aliphatic carbocycles. The van der Waals surface area contributed by atoms with Gasteiger partial charge in [-0.3, -0.25) is 9.13 Å². The van der Waals surface area contributed by atoms with E-state index in [1.807, 2.05) is 12.3 Å². The molecular weight excluding hydrogens is 927 g/mol. The summed E-state index contributed by atoms with van der Waals surface area (Å²) in [5.41, 5.74) is 20.0. The Morgan fingerprint density at radius 2 is 1.04 bits per heavy atom. The van der Waals surface area contributed by atoms with Crippen LogP contribution >= 0.6 is 0 Å². The van der Waals surface area contributed by atoms with Crippen molar-refractivity contribution < 1.29 is 4.74 Å². The Balaban J connectivity index is 0.932. The zero-order valence-electron chi connectivity index (χ0n) is 42.2. The molecule has 10 aromatic carbocycles. The van der Waals surface area contributed by atoms with Gasteiger partial charge < -0.3 is 9.30 Å². The Morgan fingerprint density at radius 1 is 0.408 bits per heavy atom. The highest BCUT2D eigenvalue weighted by atomic mass is 16.5. The van der Waals surface area contributed by atoms with Gasteiger partial charge in [0.15, 0.2) is 0 Å². The molecule has 0 bridgehead atoms. The first kappa shape index (κ1) is 43.8. The summed E-state index contributed by atoms with van der Waals surface area (Å²) in [6.07, 6.45) is 1.95. The summed E-state index contributed by atoms with van der Waals surface area (Å²) < 4.78 is 14.2. The Labute approximate surface area is 440 Å². The molecule has 0 spiro atoms. The molecule has 360 valence electrons. The topological polar surface area (TPSA) is 49.8 Å². The second-order valence-electron chi connectivity index (χ2n) is 20.9. The van der Waals surface area contributed by atoms with Gasteiger partial charge in [0.2, 0.25) is 0 Å². The normalized spacial score (nSPS) is 12.1. The number of rotatable bonds is 7. The third kappa shape index (κ3) is 6.73. The Hall–Kier alpha value is -9.78. The monoisotopic (exact) mass is 975 g/mol. The molecule has 4 aromatic heterocycles. The van der Waals surface area contributed by atoms with Gasteiger partial charge in [0, 0.05) is 61.6 Å². The SMILES string of the molecule is CC(C)(C)c1ccnc(-n2c3cc(Oc4cccc(-c5nc6ccccc6n5-c5c(-c6ccccc6)cccc5-c5ccccc5)c4)ccc3c3c4c(ccc32)-n2c3ccccc3c3cccc(c32)-c2ccccc2-4)c1. The van der Waals surface area contributed by atoms with Gasteiger partial charge in [0.25, 0.3) is 0 Å². The molecule has 14 aromatic rings. The van der Waals surface area contributed by atoms with E-state index in [1.165, 1.54) is 55.0 Å². The minimum absolute atomic E-state index is 0.0916. The number of hydrogen-bond acceptors (Lipinski definition) is 3. The van der Waals surface area contributed by atoms with Crippen molar-refractivity contribution in [3.05, 3.63) is 248 Å². The van der Waals surface area contributed by atoms with Crippen molar-refractivity contribution in [3.63, 3.8) is 0 Å². The number of aromatic nitrogens is 5. The number of ether oxygens (including phenoxy) is 1. The Kier molecular flexibility index (Phi) is 9.72. The quantitative estimate of drug-likeness (QED) is 0.160. The summed E-state index contributed by atoms with van der Waals surface area (Å²) in [6.45, 7) is 6.77. The van der Waals surface area contributed by atoms with Crippen LogP contribution in [-0.2, 0) is 5.41 Å². The van der Waals surface area contributed by atoms with E-state index in [1.54, 1.807) is 0 Å². The van der Waals surface area contributed by atoms with Gasteiger partial charge in [-0.25, -0.2) is 9.97 Å². The minimum Gasteiger partial charge on any atom is -0.457 e. The van der Waals surface area contributed by atoms with Gasteiger partial charge in [-0.2, -0.15) is 0 Å². The van der Waals surface area contributed by atoms with Crippen molar-refractivity contribution in [1.82, 2.24) is 23.7 Å². The van der Waals surface area contributed by atoms with Crippen LogP contribution in [0.25, 0.3) is 128 Å². The van der Waals surface area contributed by atoms with Gasteiger partial charge in [0.05, 0.1) is 44.5 Å². The van der Waals surface area contributed by atoms with Crippen LogP contribution in [0.5, 0.6) is 11.5 Å². The first-order valence-corrected chi connectivity index (χ1v) is 26.1. The summed E-state index contributed by atoms with van der Waals surface area (Å²) in [4.78, 5) is 10.5. The molecule has 6 nitrogen and oxygen atoms in total. The van der Waals surface area contributed by atoms with Crippen molar-refractivity contribution >= 4 is 54.6 Å². The zero-order chi connectivity index (χ0) is 50.6. The predicted octanol–water partition coefficient (Wildman–Crippen LogP) is 18.4. The first-order valence-electron chi connectivity index (χ1n) is 26.1. The maximum atomic E-state index is 7.05. The van der Waals surface area contributed by atoms with Crippen LogP contribution in [0.3, 0.4) is 0 Å². The lowest BCUT2D eigenvalue weighted by Gasteiger charge is -2.20. The molecule has 6 heteroatoms. The smallest absolute Gasteiger partial charge is 0.145 e. The molecule has 0 saturated carbocycles. The van der Waals surface area contributed by atoms with Crippen molar-refractivity contribution in [2.45, 2.75) is 26.2 Å². The van der Waals surface area contributed by atoms with Crippen LogP contribution in [0.1, 0.15) is 26.3 Å². The Morgan fingerprint density at radius 3 is 1.83 bits per heavy atom. The molecule has 0 fully saturated rings. The summed E-state index contributed by atoms with van der Waals surface area (Å²) in [7, 11) is 0. The number of benzene rings is 10. The van der Waals surface area contributed by atoms with Crippen molar-refractivity contribution in [2.75, 3.05) is 0 Å². The van der Waals surface area contributed by atoms with Crippen LogP contribution < -0.4 is 4.74 Å². The molecule has 0 N–H and O–H groups in total. The van der Waals surface area contributed by atoms with Crippen molar-refractivity contribution in [1.29, 1.82) is 0 Å². The van der Waals surface area contributed by atoms with Crippen LogP contribution in [-0.4, -0.2) is 23.7 Å². The second-order valence-corrected chi connectivity index (χ2v) is 20.9. The fourth-order valence-corrected chi connectivity index (χ4v) is 12.0. The standard InChI is InChI=1S/C70H49N5O/c1-70(2,3)47-39-40-71-64(42-47)73-61-37-38-62-65(54-27-11-10-25-52(54)55-30-18-31-56-53-26-12-14-33-59(53)74(62)68(55)56)66(61)57-36-35-49(43-63(57)73)76-48-24-16-23-46(41-48)69-72-58-32-13-15-34-60(58)75(69)67-50(44-19-6-4-7-20-44)28-17-29-51(67)45-21-8-5-9-22-45/h4-43H,1-3H3. The van der Waals surface area contributed by atoms with Gasteiger partial charge in [-0.1, -0.05) is 185 Å². The van der Waals surface area contributed by atoms with Crippen LogP contribution in [0, 0.1) is 0 Å². The lowest BCUT2D eigenvalue weighted by atomic mass is 9.88. The van der Waals surface area contributed by atoms with E-state index in [-0.39, 0.29) is 5.41 Å². The lowest BCUT2D eigenvalue weighted by Crippen LogP contribution is -2.12. The van der Waals surface area contributed by atoms with E-state index in [0.717, 1.165) is 78.3 Å². The summed E-state index contributed by atoms with van der Waals surface area (Å²) in [5.74, 6) is 3.10. The van der Waals surface area contributed by atoms with E-state index < -0.39 is 0 Å². The molecule has 1 aliphatic rings. The number of pyridine rings is 1. The summed E-state index contributed by atoms with van der Waals surface area (Å²) in [6, 6.07) is 84.7. The molecule has 76 heavy (non-hydrogen) atoms. The number of hydrogen-bond donors (Lipinski definition) is 0. The molecule has 0 amide bonds. The molecule has 1 aliphatic heterocycles. The number of fused-ring (bicyclic) bond motifs is 13. The van der Waals surface area contributed by atoms with Crippen molar-refractivity contribution in [3.8, 4) is 84.6 Å². The average molecular weight is 976 g/mol. The number of imidazole rings is 1. The fraction of sp³-hybridized carbons (Fsp3) is 0.0571. The van der Waals surface area contributed by atoms with Gasteiger partial charge in [-0.05, 0) is 100.0 Å². The Bertz CT molecular complexity index is 4590. The van der Waals surface area contributed by atoms with E-state index in [9.17, 15) is 0 Å². The molecule has 0 radical (unpaired) electrons. The average Bonchev–Trinajstić information content (AvgIpc) is 4.11. The summed E-state index contributed by atoms with van der Waals surface area (Å²) in [5, 5.41) is 4.77. The maximum absolute atomic E-state index is 7.05. The van der Waals surface area contributed by atoms with E-state index in [2.05, 4.69) is 265 Å². The first-order chi connectivity index (χ1) is 37.4. The molecule has 0 unspecified atom stereocenters. The fourth-order valence-electron chi connectivity index (χ4n) is 12.0. The minimum atomic E-state index is -0.0916. The van der Waals surface area contributed by atoms with Gasteiger partial charge >= 0.3 is 0 Å². The van der Waals surface area contributed by atoms with E-state index >= 15 is 0 Å². The lowest BCUT2D eigenvalue weighted by molar-refractivity contribution is 0.483. The summed E-state index contributed by atoms with van der Waals surface area (Å²) >= 11 is 0. The van der Waals surface area contributed by atoms with Crippen molar-refractivity contribution in [2.24, 2.45) is 0 Å². The highest BCUT2D eigenvalue weighted by molar-refractivity contribution is 6.23. The second kappa shape index (κ2) is 16.9. The third-order valence-electron chi connectivity index (χ3n) is 15.5. The zero-order valence-corrected chi connectivity index (χ0v) is 42.2. The molecular formula is C70H49N5O. The van der Waals surface area contributed by atoms with Gasteiger partial charge in [-0.15, -0.1) is 0 Å². The number of nitrogens with zero attached hydrogens (tertiary/aromatic N) is 5. The molecule has 5 heterocycles. The van der Waals surface area contributed by atoms with Gasteiger partial charge in [0.1, 0.15) is 23.1 Å². The maximum Gasteiger partial charge on any atom is 0.145 e. The molecule has 0 saturated heterocycles. The molecule has 0 atom stereocenters. The largest absolute Gasteiger partial charge is 0.457 e. The number of para-hydroxylation sites is 5. The third-order valence-corrected chi connectivity index (χ3v) is 15.5. The van der Waals surface area contributed by atoms with Crippen LogP contribution in [0.2, 0.25) is 0 Å². The van der Waals surface area contributed by atoms with E-state index in [0.29, 0.717) is 11.5 Å². The molecule has 15 rings (SSSR count). The highest BCUT2D eigenvalue weighted by Gasteiger charge is 2.29. The van der Waals surface area contributed by atoms with Crippen LogP contribution in [0.4, 0.5) is 0 Å².